The number of nitrogens with one attached hydrogen (secondary N) is 2. The summed E-state index contributed by atoms with van der Waals surface area (Å²) in [4.78, 5) is 24.5. The minimum Gasteiger partial charge on any atom is -0.482 e. The molecule has 2 amide bonds. The number of fused-ring (bicyclic) bond motifs is 1. The van der Waals surface area contributed by atoms with Gasteiger partial charge in [0.25, 0.3) is 5.91 Å². The van der Waals surface area contributed by atoms with E-state index in [0.717, 1.165) is 12.8 Å². The van der Waals surface area contributed by atoms with Gasteiger partial charge in [0.2, 0.25) is 15.9 Å². The Hall–Kier alpha value is -2.91. The molecular formula is C24H29N3O5S. The zero-order valence-corrected chi connectivity index (χ0v) is 19.4. The fourth-order valence-corrected chi connectivity index (χ4v) is 5.74. The molecule has 1 atom stereocenters. The van der Waals surface area contributed by atoms with Crippen molar-refractivity contribution in [1.29, 1.82) is 0 Å². The number of ether oxygens (including phenoxy) is 1. The second-order valence-corrected chi connectivity index (χ2v) is 10.4. The number of piperidine rings is 1. The van der Waals surface area contributed by atoms with E-state index in [0.29, 0.717) is 24.3 Å². The first-order valence-corrected chi connectivity index (χ1v) is 12.7. The molecule has 2 aliphatic rings. The van der Waals surface area contributed by atoms with Crippen molar-refractivity contribution in [2.24, 2.45) is 5.92 Å². The van der Waals surface area contributed by atoms with E-state index in [9.17, 15) is 18.0 Å². The maximum atomic E-state index is 13.1. The van der Waals surface area contributed by atoms with Crippen molar-refractivity contribution in [3.63, 3.8) is 0 Å². The van der Waals surface area contributed by atoms with Crippen molar-refractivity contribution >= 4 is 27.5 Å². The third-order valence-electron chi connectivity index (χ3n) is 6.21. The summed E-state index contributed by atoms with van der Waals surface area (Å²) in [6.45, 7) is 2.51. The van der Waals surface area contributed by atoms with Crippen molar-refractivity contribution in [2.75, 3.05) is 25.0 Å². The van der Waals surface area contributed by atoms with Gasteiger partial charge in [0.05, 0.1) is 10.6 Å². The second-order valence-electron chi connectivity index (χ2n) is 8.48. The summed E-state index contributed by atoms with van der Waals surface area (Å²) < 4.78 is 33.0. The lowest BCUT2D eigenvalue weighted by atomic mass is 9.96. The van der Waals surface area contributed by atoms with Crippen LogP contribution in [0, 0.1) is 5.92 Å². The van der Waals surface area contributed by atoms with Crippen LogP contribution in [-0.2, 0) is 26.0 Å². The Balaban J connectivity index is 1.35. The minimum atomic E-state index is -3.74. The first-order valence-electron chi connectivity index (χ1n) is 11.3. The highest BCUT2D eigenvalue weighted by atomic mass is 32.2. The predicted molar refractivity (Wildman–Crippen MR) is 124 cm³/mol. The van der Waals surface area contributed by atoms with Crippen LogP contribution in [0.25, 0.3) is 0 Å². The maximum Gasteiger partial charge on any atom is 0.262 e. The number of amides is 2. The fourth-order valence-electron chi connectivity index (χ4n) is 4.25. The highest BCUT2D eigenvalue weighted by Gasteiger charge is 2.33. The normalized spacial score (nSPS) is 18.0. The molecule has 0 unspecified atom stereocenters. The number of sulfonamides is 1. The number of rotatable bonds is 7. The summed E-state index contributed by atoms with van der Waals surface area (Å²) >= 11 is 0. The quantitative estimate of drug-likeness (QED) is 0.646. The van der Waals surface area contributed by atoms with Crippen molar-refractivity contribution < 1.29 is 22.7 Å². The largest absolute Gasteiger partial charge is 0.482 e. The third-order valence-corrected chi connectivity index (χ3v) is 8.11. The first-order chi connectivity index (χ1) is 15.9. The van der Waals surface area contributed by atoms with E-state index in [4.69, 9.17) is 4.74 Å². The van der Waals surface area contributed by atoms with Gasteiger partial charge in [-0.15, -0.1) is 0 Å². The number of hydrogen-bond donors (Lipinski definition) is 2. The van der Waals surface area contributed by atoms with Crippen molar-refractivity contribution in [2.45, 2.75) is 43.5 Å². The van der Waals surface area contributed by atoms with Gasteiger partial charge in [-0.3, -0.25) is 9.59 Å². The van der Waals surface area contributed by atoms with E-state index in [2.05, 4.69) is 29.7 Å². The van der Waals surface area contributed by atoms with Gasteiger partial charge in [0.1, 0.15) is 5.75 Å². The molecule has 9 heteroatoms. The Labute approximate surface area is 194 Å². The van der Waals surface area contributed by atoms with Gasteiger partial charge < -0.3 is 15.4 Å². The molecule has 2 heterocycles. The Bertz CT molecular complexity index is 1110. The molecule has 0 spiro atoms. The zero-order valence-electron chi connectivity index (χ0n) is 18.6. The van der Waals surface area contributed by atoms with Gasteiger partial charge in [0, 0.05) is 25.0 Å². The van der Waals surface area contributed by atoms with Crippen molar-refractivity contribution in [3.8, 4) is 5.75 Å². The lowest BCUT2D eigenvalue weighted by Crippen LogP contribution is -2.45. The lowest BCUT2D eigenvalue weighted by molar-refractivity contribution is -0.126. The van der Waals surface area contributed by atoms with Crippen molar-refractivity contribution in [3.05, 3.63) is 54.1 Å². The number of hydrogen-bond acceptors (Lipinski definition) is 5. The molecule has 1 fully saturated rings. The van der Waals surface area contributed by atoms with Crippen LogP contribution >= 0.6 is 0 Å². The van der Waals surface area contributed by atoms with Gasteiger partial charge in [0.15, 0.2) is 6.61 Å². The third kappa shape index (κ3) is 5.36. The first kappa shape index (κ1) is 23.3. The van der Waals surface area contributed by atoms with E-state index in [1.165, 1.54) is 22.0 Å². The van der Waals surface area contributed by atoms with Gasteiger partial charge in [-0.2, -0.15) is 4.31 Å². The number of benzene rings is 2. The van der Waals surface area contributed by atoms with Crippen LogP contribution in [-0.4, -0.2) is 50.3 Å². The molecule has 4 rings (SSSR count). The lowest BCUT2D eigenvalue weighted by Gasteiger charge is -2.31. The highest BCUT2D eigenvalue weighted by Crippen LogP contribution is 2.32. The Morgan fingerprint density at radius 3 is 2.61 bits per heavy atom. The molecule has 0 aliphatic carbocycles. The summed E-state index contributed by atoms with van der Waals surface area (Å²) in [5.41, 5.74) is 1.53. The molecule has 176 valence electrons. The molecular weight excluding hydrogens is 442 g/mol. The van der Waals surface area contributed by atoms with Crippen LogP contribution in [0.4, 0.5) is 5.69 Å². The molecule has 0 bridgehead atoms. The SMILES string of the molecule is CC[C@@H](Cc1ccccc1)NC(=O)C1CCN(S(=O)(=O)c2ccc3c(c2)NC(=O)CO3)CC1. The van der Waals surface area contributed by atoms with E-state index in [1.54, 1.807) is 6.07 Å². The average molecular weight is 472 g/mol. The molecule has 33 heavy (non-hydrogen) atoms. The van der Waals surface area contributed by atoms with Crippen LogP contribution in [0.1, 0.15) is 31.7 Å². The standard InChI is InChI=1S/C24H29N3O5S/c1-2-19(14-17-6-4-3-5-7-17)25-24(29)18-10-12-27(13-11-18)33(30,31)20-8-9-22-21(15-20)26-23(28)16-32-22/h3-9,15,18-19H,2,10-14,16H2,1H3,(H,25,29)(H,26,28)/t19-/m0/s1. The van der Waals surface area contributed by atoms with Crippen molar-refractivity contribution in [1.82, 2.24) is 9.62 Å². The topological polar surface area (TPSA) is 105 Å². The highest BCUT2D eigenvalue weighted by molar-refractivity contribution is 7.89. The fraction of sp³-hybridized carbons (Fsp3) is 0.417. The Kier molecular flexibility index (Phi) is 6.99. The number of carbonyl (C=O) groups is 2. The van der Waals surface area contributed by atoms with Crippen LogP contribution in [0.5, 0.6) is 5.75 Å². The summed E-state index contributed by atoms with van der Waals surface area (Å²) in [6, 6.07) is 14.6. The second kappa shape index (κ2) is 9.93. The maximum absolute atomic E-state index is 13.1. The summed E-state index contributed by atoms with van der Waals surface area (Å²) in [5, 5.41) is 5.79. The van der Waals surface area contributed by atoms with Gasteiger partial charge in [-0.25, -0.2) is 8.42 Å². The molecule has 2 aromatic carbocycles. The molecule has 1 saturated heterocycles. The number of anilines is 1. The predicted octanol–water partition coefficient (Wildman–Crippen LogP) is 2.56. The zero-order chi connectivity index (χ0) is 23.4. The summed E-state index contributed by atoms with van der Waals surface area (Å²) in [6.07, 6.45) is 2.54. The number of nitrogens with zero attached hydrogens (tertiary/aromatic N) is 1. The molecule has 0 aromatic heterocycles. The Morgan fingerprint density at radius 1 is 1.18 bits per heavy atom. The number of carbonyl (C=O) groups excluding carboxylic acids is 2. The molecule has 2 aliphatic heterocycles. The van der Waals surface area contributed by atoms with E-state index < -0.39 is 10.0 Å². The summed E-state index contributed by atoms with van der Waals surface area (Å²) in [5.74, 6) is -0.0904. The van der Waals surface area contributed by atoms with Gasteiger partial charge >= 0.3 is 0 Å². The van der Waals surface area contributed by atoms with Gasteiger partial charge in [-0.1, -0.05) is 37.3 Å². The molecule has 8 nitrogen and oxygen atoms in total. The van der Waals surface area contributed by atoms with E-state index in [-0.39, 0.29) is 48.4 Å². The molecule has 2 aromatic rings. The molecule has 0 radical (unpaired) electrons. The van der Waals surface area contributed by atoms with Crippen LogP contribution in [0.15, 0.2) is 53.4 Å². The van der Waals surface area contributed by atoms with Gasteiger partial charge in [-0.05, 0) is 49.4 Å². The monoisotopic (exact) mass is 471 g/mol. The average Bonchev–Trinajstić information content (AvgIpc) is 2.83. The van der Waals surface area contributed by atoms with E-state index in [1.807, 2.05) is 18.2 Å². The molecule has 0 saturated carbocycles. The Morgan fingerprint density at radius 2 is 1.91 bits per heavy atom. The molecule has 2 N–H and O–H groups in total. The smallest absolute Gasteiger partial charge is 0.262 e. The van der Waals surface area contributed by atoms with Crippen LogP contribution in [0.2, 0.25) is 0 Å². The summed E-state index contributed by atoms with van der Waals surface area (Å²) in [7, 11) is -3.74. The van der Waals surface area contributed by atoms with Crippen LogP contribution < -0.4 is 15.4 Å². The minimum absolute atomic E-state index is 0.0107. The van der Waals surface area contributed by atoms with E-state index >= 15 is 0 Å². The van der Waals surface area contributed by atoms with Crippen LogP contribution in [0.3, 0.4) is 0 Å².